The standard InChI is InChI=1S/C9H12N4O/c1-10-9(14)7-3-6-4-11-5-13(2)8(6)12-7/h3-4,12H,5H2,1-2H3,(H,10,14). The largest absolute Gasteiger partial charge is 0.354 e. The second kappa shape index (κ2) is 3.17. The monoisotopic (exact) mass is 192 g/mol. The van der Waals surface area contributed by atoms with E-state index >= 15 is 0 Å². The van der Waals surface area contributed by atoms with E-state index in [1.165, 1.54) is 0 Å². The van der Waals surface area contributed by atoms with E-state index < -0.39 is 0 Å². The first-order valence-electron chi connectivity index (χ1n) is 4.38. The molecule has 0 spiro atoms. The van der Waals surface area contributed by atoms with Crippen LogP contribution in [0.15, 0.2) is 11.1 Å². The van der Waals surface area contributed by atoms with Crippen LogP contribution in [0.25, 0.3) is 0 Å². The number of rotatable bonds is 1. The number of hydrogen-bond acceptors (Lipinski definition) is 3. The zero-order valence-electron chi connectivity index (χ0n) is 8.16. The fourth-order valence-electron chi connectivity index (χ4n) is 1.46. The molecule has 0 aromatic carbocycles. The van der Waals surface area contributed by atoms with Crippen LogP contribution < -0.4 is 10.2 Å². The lowest BCUT2D eigenvalue weighted by Crippen LogP contribution is -2.22. The molecule has 1 amide bonds. The second-order valence-corrected chi connectivity index (χ2v) is 3.22. The number of carbonyl (C=O) groups excluding carboxylic acids is 1. The molecule has 0 radical (unpaired) electrons. The van der Waals surface area contributed by atoms with Gasteiger partial charge in [0.05, 0.1) is 0 Å². The first kappa shape index (κ1) is 8.80. The Bertz CT molecular complexity index is 394. The van der Waals surface area contributed by atoms with Gasteiger partial charge in [-0.15, -0.1) is 0 Å². The molecule has 2 rings (SSSR count). The summed E-state index contributed by atoms with van der Waals surface area (Å²) in [6.45, 7) is 0.626. The highest BCUT2D eigenvalue weighted by atomic mass is 16.1. The summed E-state index contributed by atoms with van der Waals surface area (Å²) in [6.07, 6.45) is 1.78. The van der Waals surface area contributed by atoms with Gasteiger partial charge in [-0.05, 0) is 6.07 Å². The molecule has 2 N–H and O–H groups in total. The van der Waals surface area contributed by atoms with Crippen LogP contribution >= 0.6 is 0 Å². The number of nitrogens with one attached hydrogen (secondary N) is 2. The molecule has 1 aromatic heterocycles. The average Bonchev–Trinajstić information content (AvgIpc) is 2.62. The Morgan fingerprint density at radius 1 is 1.71 bits per heavy atom. The molecule has 0 atom stereocenters. The molecule has 5 heteroatoms. The smallest absolute Gasteiger partial charge is 0.267 e. The average molecular weight is 192 g/mol. The zero-order chi connectivity index (χ0) is 10.1. The molecular formula is C9H12N4O. The van der Waals surface area contributed by atoms with E-state index in [1.807, 2.05) is 11.9 Å². The summed E-state index contributed by atoms with van der Waals surface area (Å²) in [5, 5.41) is 2.57. The van der Waals surface area contributed by atoms with Crippen molar-refractivity contribution in [2.75, 3.05) is 25.7 Å². The number of carbonyl (C=O) groups is 1. The lowest BCUT2D eigenvalue weighted by Gasteiger charge is -2.18. The van der Waals surface area contributed by atoms with Crippen LogP contribution in [0.5, 0.6) is 0 Å². The predicted octanol–water partition coefficient (Wildman–Crippen LogP) is 0.200. The van der Waals surface area contributed by atoms with Crippen molar-refractivity contribution in [2.24, 2.45) is 4.99 Å². The van der Waals surface area contributed by atoms with E-state index in [0.717, 1.165) is 11.4 Å². The summed E-state index contributed by atoms with van der Waals surface area (Å²) in [4.78, 5) is 20.5. The summed E-state index contributed by atoms with van der Waals surface area (Å²) in [5.74, 6) is 0.833. The highest BCUT2D eigenvalue weighted by Crippen LogP contribution is 2.20. The van der Waals surface area contributed by atoms with Gasteiger partial charge in [0.15, 0.2) is 0 Å². The molecule has 2 heterocycles. The Kier molecular flexibility index (Phi) is 1.99. The maximum Gasteiger partial charge on any atom is 0.267 e. The van der Waals surface area contributed by atoms with Gasteiger partial charge in [0.2, 0.25) is 0 Å². The summed E-state index contributed by atoms with van der Waals surface area (Å²) < 4.78 is 0. The number of anilines is 1. The number of nitrogens with zero attached hydrogens (tertiary/aromatic N) is 2. The van der Waals surface area contributed by atoms with E-state index in [2.05, 4.69) is 15.3 Å². The molecule has 0 saturated carbocycles. The van der Waals surface area contributed by atoms with Gasteiger partial charge in [0.25, 0.3) is 5.91 Å². The minimum atomic E-state index is -0.110. The van der Waals surface area contributed by atoms with E-state index in [0.29, 0.717) is 12.4 Å². The van der Waals surface area contributed by atoms with E-state index in [1.54, 1.807) is 19.3 Å². The summed E-state index contributed by atoms with van der Waals surface area (Å²) in [6, 6.07) is 1.80. The number of H-pyrrole nitrogens is 1. The molecule has 5 nitrogen and oxygen atoms in total. The highest BCUT2D eigenvalue weighted by molar-refractivity contribution is 5.98. The van der Waals surface area contributed by atoms with Gasteiger partial charge in [-0.1, -0.05) is 0 Å². The van der Waals surface area contributed by atoms with Crippen molar-refractivity contribution in [1.29, 1.82) is 0 Å². The Hall–Kier alpha value is -1.78. The summed E-state index contributed by atoms with van der Waals surface area (Å²) >= 11 is 0. The van der Waals surface area contributed by atoms with Gasteiger partial charge >= 0.3 is 0 Å². The van der Waals surface area contributed by atoms with Crippen molar-refractivity contribution in [3.63, 3.8) is 0 Å². The minimum Gasteiger partial charge on any atom is -0.354 e. The van der Waals surface area contributed by atoms with Gasteiger partial charge in [-0.3, -0.25) is 9.79 Å². The normalized spacial score (nSPS) is 14.0. The van der Waals surface area contributed by atoms with Gasteiger partial charge < -0.3 is 15.2 Å². The quantitative estimate of drug-likeness (QED) is 0.667. The maximum atomic E-state index is 11.3. The Morgan fingerprint density at radius 3 is 3.14 bits per heavy atom. The van der Waals surface area contributed by atoms with Crippen LogP contribution in [0.2, 0.25) is 0 Å². The van der Waals surface area contributed by atoms with Crippen molar-refractivity contribution in [2.45, 2.75) is 0 Å². The Balaban J connectivity index is 2.40. The number of amides is 1. The SMILES string of the molecule is CNC(=O)c1cc2c([nH]1)N(C)CN=C2. The van der Waals surface area contributed by atoms with Crippen molar-refractivity contribution >= 4 is 17.9 Å². The van der Waals surface area contributed by atoms with Crippen molar-refractivity contribution in [3.8, 4) is 0 Å². The fourth-order valence-corrected chi connectivity index (χ4v) is 1.46. The fraction of sp³-hybridized carbons (Fsp3) is 0.333. The summed E-state index contributed by atoms with van der Waals surface area (Å²) in [7, 11) is 3.54. The lowest BCUT2D eigenvalue weighted by molar-refractivity contribution is 0.0959. The first-order chi connectivity index (χ1) is 6.72. The van der Waals surface area contributed by atoms with Gasteiger partial charge in [0.1, 0.15) is 18.2 Å². The molecule has 14 heavy (non-hydrogen) atoms. The van der Waals surface area contributed by atoms with Gasteiger partial charge in [-0.2, -0.15) is 0 Å². The summed E-state index contributed by atoms with van der Waals surface area (Å²) in [5.41, 5.74) is 1.52. The predicted molar refractivity (Wildman–Crippen MR) is 55.0 cm³/mol. The maximum absolute atomic E-state index is 11.3. The molecule has 1 aliphatic heterocycles. The van der Waals surface area contributed by atoms with Crippen LogP contribution in [0.1, 0.15) is 16.1 Å². The third-order valence-corrected chi connectivity index (χ3v) is 2.20. The van der Waals surface area contributed by atoms with E-state index in [4.69, 9.17) is 0 Å². The lowest BCUT2D eigenvalue weighted by atomic mass is 10.3. The molecule has 0 aliphatic carbocycles. The molecule has 0 bridgehead atoms. The molecule has 1 aromatic rings. The van der Waals surface area contributed by atoms with Crippen LogP contribution in [0.3, 0.4) is 0 Å². The number of fused-ring (bicyclic) bond motifs is 1. The minimum absolute atomic E-state index is 0.110. The van der Waals surface area contributed by atoms with Crippen molar-refractivity contribution in [3.05, 3.63) is 17.3 Å². The van der Waals surface area contributed by atoms with E-state index in [-0.39, 0.29) is 5.91 Å². The molecule has 0 fully saturated rings. The van der Waals surface area contributed by atoms with Gasteiger partial charge in [-0.25, -0.2) is 0 Å². The number of hydrogen-bond donors (Lipinski definition) is 2. The van der Waals surface area contributed by atoms with Crippen LogP contribution in [0.4, 0.5) is 5.82 Å². The van der Waals surface area contributed by atoms with Gasteiger partial charge in [0, 0.05) is 25.9 Å². The Morgan fingerprint density at radius 2 is 2.50 bits per heavy atom. The Labute approximate surface area is 81.8 Å². The van der Waals surface area contributed by atoms with Crippen LogP contribution in [-0.2, 0) is 0 Å². The molecule has 1 aliphatic rings. The van der Waals surface area contributed by atoms with Crippen molar-refractivity contribution < 1.29 is 4.79 Å². The third-order valence-electron chi connectivity index (χ3n) is 2.20. The molecular weight excluding hydrogens is 180 g/mol. The van der Waals surface area contributed by atoms with E-state index in [9.17, 15) is 4.79 Å². The highest BCUT2D eigenvalue weighted by Gasteiger charge is 2.16. The topological polar surface area (TPSA) is 60.5 Å². The van der Waals surface area contributed by atoms with Crippen molar-refractivity contribution in [1.82, 2.24) is 10.3 Å². The second-order valence-electron chi connectivity index (χ2n) is 3.22. The number of aromatic amines is 1. The molecule has 0 saturated heterocycles. The molecule has 0 unspecified atom stereocenters. The third kappa shape index (κ3) is 1.26. The first-order valence-corrected chi connectivity index (χ1v) is 4.38. The molecule has 74 valence electrons. The van der Waals surface area contributed by atoms with Crippen LogP contribution in [0, 0.1) is 0 Å². The van der Waals surface area contributed by atoms with Crippen LogP contribution in [-0.4, -0.2) is 37.9 Å². The number of aromatic nitrogens is 1. The number of aliphatic imine (C=N–C) groups is 1. The zero-order valence-corrected chi connectivity index (χ0v) is 8.16.